The van der Waals surface area contributed by atoms with Gasteiger partial charge in [-0.2, -0.15) is 5.10 Å². The second-order valence-corrected chi connectivity index (χ2v) is 5.03. The van der Waals surface area contributed by atoms with Crippen molar-refractivity contribution in [1.82, 2.24) is 5.43 Å². The van der Waals surface area contributed by atoms with E-state index in [1.54, 1.807) is 36.4 Å². The van der Waals surface area contributed by atoms with Crippen LogP contribution in [0.3, 0.4) is 0 Å². The second-order valence-electron chi connectivity index (χ2n) is 5.03. The number of benzene rings is 2. The van der Waals surface area contributed by atoms with Gasteiger partial charge in [-0.05, 0) is 48.4 Å². The standard InChI is InChI=1S/C18H19N3O4/c1-2-16(13-8-10-15(11-9-13)25-12-17(22)23)20-21-18(24)19-14-6-4-3-5-7-14/h3-11H,2,12H2,1H3,(H,22,23)(H2,19,21,24)/p-1/b20-16-. The number of hydrazone groups is 1. The molecule has 2 aromatic carbocycles. The molecule has 0 fully saturated rings. The zero-order valence-corrected chi connectivity index (χ0v) is 13.7. The van der Waals surface area contributed by atoms with Gasteiger partial charge in [0.2, 0.25) is 0 Å². The van der Waals surface area contributed by atoms with Crippen LogP contribution < -0.4 is 20.6 Å². The summed E-state index contributed by atoms with van der Waals surface area (Å²) in [4.78, 5) is 22.2. The van der Waals surface area contributed by atoms with Crippen LogP contribution in [0.1, 0.15) is 18.9 Å². The molecule has 7 heteroatoms. The minimum Gasteiger partial charge on any atom is -0.546 e. The summed E-state index contributed by atoms with van der Waals surface area (Å²) in [5.74, 6) is -0.869. The second kappa shape index (κ2) is 9.07. The molecule has 130 valence electrons. The third-order valence-corrected chi connectivity index (χ3v) is 3.20. The topological polar surface area (TPSA) is 103 Å². The van der Waals surface area contributed by atoms with Gasteiger partial charge in [0.15, 0.2) is 0 Å². The Bertz CT molecular complexity index is 743. The molecule has 0 bridgehead atoms. The summed E-state index contributed by atoms with van der Waals surface area (Å²) in [6.45, 7) is 1.41. The number of carbonyl (C=O) groups excluding carboxylic acids is 2. The number of aliphatic carboxylic acids is 1. The van der Waals surface area contributed by atoms with Crippen molar-refractivity contribution in [3.63, 3.8) is 0 Å². The predicted molar refractivity (Wildman–Crippen MR) is 92.4 cm³/mol. The number of nitrogens with one attached hydrogen (secondary N) is 2. The maximum atomic E-state index is 11.9. The van der Waals surface area contributed by atoms with Gasteiger partial charge in [-0.15, -0.1) is 0 Å². The van der Waals surface area contributed by atoms with Crippen LogP contribution in [0.4, 0.5) is 10.5 Å². The first kappa shape index (κ1) is 18.0. The fourth-order valence-electron chi connectivity index (χ4n) is 2.03. The number of hydrogen-bond acceptors (Lipinski definition) is 5. The van der Waals surface area contributed by atoms with Crippen molar-refractivity contribution in [2.75, 3.05) is 11.9 Å². The van der Waals surface area contributed by atoms with Crippen LogP contribution in [-0.2, 0) is 4.79 Å². The van der Waals surface area contributed by atoms with Crippen molar-refractivity contribution in [3.8, 4) is 5.75 Å². The molecule has 0 saturated heterocycles. The Labute approximate surface area is 145 Å². The molecular formula is C18H18N3O4-. The summed E-state index contributed by atoms with van der Waals surface area (Å²) >= 11 is 0. The Morgan fingerprint density at radius 2 is 1.76 bits per heavy atom. The highest BCUT2D eigenvalue weighted by atomic mass is 16.5. The molecule has 0 radical (unpaired) electrons. The maximum absolute atomic E-state index is 11.9. The van der Waals surface area contributed by atoms with E-state index in [1.165, 1.54) is 0 Å². The number of amides is 2. The lowest BCUT2D eigenvalue weighted by Crippen LogP contribution is -2.28. The number of para-hydroxylation sites is 1. The molecule has 2 aromatic rings. The van der Waals surface area contributed by atoms with Gasteiger partial charge in [0.05, 0.1) is 11.7 Å². The van der Waals surface area contributed by atoms with Crippen LogP contribution in [0.5, 0.6) is 5.75 Å². The minimum atomic E-state index is -1.28. The maximum Gasteiger partial charge on any atom is 0.339 e. The lowest BCUT2D eigenvalue weighted by atomic mass is 10.1. The highest BCUT2D eigenvalue weighted by molar-refractivity contribution is 6.01. The molecule has 0 aromatic heterocycles. The molecule has 2 amide bonds. The normalized spacial score (nSPS) is 10.8. The smallest absolute Gasteiger partial charge is 0.339 e. The molecule has 0 aliphatic carbocycles. The zero-order chi connectivity index (χ0) is 18.1. The molecule has 0 aliphatic heterocycles. The number of hydrogen-bond donors (Lipinski definition) is 2. The van der Waals surface area contributed by atoms with E-state index >= 15 is 0 Å². The molecule has 0 atom stereocenters. The van der Waals surface area contributed by atoms with Crippen molar-refractivity contribution >= 4 is 23.4 Å². The Kier molecular flexibility index (Phi) is 6.53. The summed E-state index contributed by atoms with van der Waals surface area (Å²) in [5, 5.41) is 17.2. The highest BCUT2D eigenvalue weighted by Crippen LogP contribution is 2.14. The van der Waals surface area contributed by atoms with Crippen LogP contribution in [-0.4, -0.2) is 24.3 Å². The lowest BCUT2D eigenvalue weighted by molar-refractivity contribution is -0.307. The molecule has 7 nitrogen and oxygen atoms in total. The van der Waals surface area contributed by atoms with E-state index in [1.807, 2.05) is 25.1 Å². The van der Waals surface area contributed by atoms with E-state index in [9.17, 15) is 14.7 Å². The Balaban J connectivity index is 1.97. The molecule has 0 aliphatic rings. The number of carbonyl (C=O) groups is 2. The van der Waals surface area contributed by atoms with Gasteiger partial charge in [0.1, 0.15) is 12.4 Å². The van der Waals surface area contributed by atoms with Gasteiger partial charge in [0.25, 0.3) is 0 Å². The van der Waals surface area contributed by atoms with Gasteiger partial charge in [0, 0.05) is 5.69 Å². The number of ether oxygens (including phenoxy) is 1. The van der Waals surface area contributed by atoms with Crippen LogP contribution >= 0.6 is 0 Å². The first-order valence-electron chi connectivity index (χ1n) is 7.70. The van der Waals surface area contributed by atoms with Crippen LogP contribution in [0.15, 0.2) is 59.7 Å². The summed E-state index contributed by atoms with van der Waals surface area (Å²) in [5.41, 5.74) is 4.60. The fourth-order valence-corrected chi connectivity index (χ4v) is 2.03. The fraction of sp³-hybridized carbons (Fsp3) is 0.167. The molecule has 25 heavy (non-hydrogen) atoms. The van der Waals surface area contributed by atoms with Gasteiger partial charge in [-0.25, -0.2) is 10.2 Å². The SMILES string of the molecule is CC/C(=N/NC(=O)Nc1ccccc1)c1ccc(OCC(=O)[O-])cc1. The molecule has 2 N–H and O–H groups in total. The van der Waals surface area contributed by atoms with Crippen molar-refractivity contribution in [3.05, 3.63) is 60.2 Å². The molecule has 0 unspecified atom stereocenters. The van der Waals surface area contributed by atoms with Gasteiger partial charge in [-0.1, -0.05) is 25.1 Å². The van der Waals surface area contributed by atoms with Crippen LogP contribution in [0.2, 0.25) is 0 Å². The number of carboxylic acid groups (broad SMARTS) is 1. The van der Waals surface area contributed by atoms with E-state index < -0.39 is 18.6 Å². The number of carboxylic acids is 1. The molecule has 2 rings (SSSR count). The van der Waals surface area contributed by atoms with Gasteiger partial charge >= 0.3 is 6.03 Å². The summed E-state index contributed by atoms with van der Waals surface area (Å²) in [6, 6.07) is 15.3. The monoisotopic (exact) mass is 340 g/mol. The van der Waals surface area contributed by atoms with E-state index in [-0.39, 0.29) is 0 Å². The quantitative estimate of drug-likeness (QED) is 0.592. The van der Waals surface area contributed by atoms with E-state index in [0.717, 1.165) is 5.56 Å². The number of anilines is 1. The molecule has 0 heterocycles. The van der Waals surface area contributed by atoms with E-state index in [2.05, 4.69) is 15.8 Å². The Morgan fingerprint density at radius 3 is 2.36 bits per heavy atom. The largest absolute Gasteiger partial charge is 0.546 e. The molecular weight excluding hydrogens is 322 g/mol. The highest BCUT2D eigenvalue weighted by Gasteiger charge is 2.05. The van der Waals surface area contributed by atoms with Gasteiger partial charge < -0.3 is 20.0 Å². The summed E-state index contributed by atoms with van der Waals surface area (Å²) in [7, 11) is 0. The number of rotatable bonds is 7. The average molecular weight is 340 g/mol. The van der Waals surface area contributed by atoms with Crippen LogP contribution in [0.25, 0.3) is 0 Å². The van der Waals surface area contributed by atoms with Crippen molar-refractivity contribution in [2.24, 2.45) is 5.10 Å². The third kappa shape index (κ3) is 5.98. The van der Waals surface area contributed by atoms with Crippen LogP contribution in [0, 0.1) is 0 Å². The van der Waals surface area contributed by atoms with Gasteiger partial charge in [-0.3, -0.25) is 0 Å². The van der Waals surface area contributed by atoms with Crippen molar-refractivity contribution in [1.29, 1.82) is 0 Å². The average Bonchev–Trinajstić information content (AvgIpc) is 2.62. The summed E-state index contributed by atoms with van der Waals surface area (Å²) in [6.07, 6.45) is 0.602. The number of nitrogens with zero attached hydrogens (tertiary/aromatic N) is 1. The summed E-state index contributed by atoms with van der Waals surface area (Å²) < 4.78 is 5.02. The number of urea groups is 1. The first-order valence-corrected chi connectivity index (χ1v) is 7.70. The van der Waals surface area contributed by atoms with E-state index in [0.29, 0.717) is 23.6 Å². The Morgan fingerprint density at radius 1 is 1.08 bits per heavy atom. The van der Waals surface area contributed by atoms with Crippen molar-refractivity contribution < 1.29 is 19.4 Å². The third-order valence-electron chi connectivity index (χ3n) is 3.20. The predicted octanol–water partition coefficient (Wildman–Crippen LogP) is 1.75. The molecule has 0 saturated carbocycles. The van der Waals surface area contributed by atoms with Crippen molar-refractivity contribution in [2.45, 2.75) is 13.3 Å². The zero-order valence-electron chi connectivity index (χ0n) is 13.7. The molecule has 0 spiro atoms. The minimum absolute atomic E-state index is 0.415. The first-order chi connectivity index (χ1) is 12.1. The lowest BCUT2D eigenvalue weighted by Gasteiger charge is -2.09. The Hall–Kier alpha value is -3.35. The van der Waals surface area contributed by atoms with E-state index in [4.69, 9.17) is 4.74 Å².